The van der Waals surface area contributed by atoms with E-state index in [4.69, 9.17) is 9.47 Å². The molecule has 0 saturated carbocycles. The molecule has 0 aliphatic carbocycles. The summed E-state index contributed by atoms with van der Waals surface area (Å²) in [6.07, 6.45) is 0.998. The van der Waals surface area contributed by atoms with Crippen molar-refractivity contribution >= 4 is 15.9 Å². The van der Waals surface area contributed by atoms with Gasteiger partial charge in [0.2, 0.25) is 0 Å². The first-order valence-electron chi connectivity index (χ1n) is 7.17. The molecule has 1 aliphatic rings. The Balaban J connectivity index is 2.06. The van der Waals surface area contributed by atoms with Gasteiger partial charge in [0.05, 0.1) is 18.2 Å². The van der Waals surface area contributed by atoms with Gasteiger partial charge in [-0.25, -0.2) is 0 Å². The van der Waals surface area contributed by atoms with Gasteiger partial charge in [-0.05, 0) is 40.9 Å². The highest BCUT2D eigenvalue weighted by Crippen LogP contribution is 2.33. The van der Waals surface area contributed by atoms with Gasteiger partial charge in [-0.1, -0.05) is 0 Å². The summed E-state index contributed by atoms with van der Waals surface area (Å²) in [5.74, 6) is 1.75. The number of methoxy groups -OCH3 is 1. The molecule has 112 valence electrons. The molecular formula is C15H23BrN2O2. The molecule has 0 aromatic heterocycles. The molecule has 4 nitrogen and oxygen atoms in total. The van der Waals surface area contributed by atoms with Gasteiger partial charge >= 0.3 is 0 Å². The van der Waals surface area contributed by atoms with Crippen LogP contribution in [0.5, 0.6) is 11.5 Å². The highest BCUT2D eigenvalue weighted by molar-refractivity contribution is 9.10. The van der Waals surface area contributed by atoms with Crippen LogP contribution >= 0.6 is 15.9 Å². The molecule has 1 aromatic rings. The smallest absolute Gasteiger partial charge is 0.136 e. The zero-order chi connectivity index (χ0) is 14.4. The van der Waals surface area contributed by atoms with Gasteiger partial charge in [-0.3, -0.25) is 0 Å². The monoisotopic (exact) mass is 342 g/mol. The van der Waals surface area contributed by atoms with Gasteiger partial charge in [0.25, 0.3) is 0 Å². The van der Waals surface area contributed by atoms with Crippen molar-refractivity contribution in [1.29, 1.82) is 0 Å². The molecule has 1 fully saturated rings. The van der Waals surface area contributed by atoms with E-state index in [1.54, 1.807) is 7.11 Å². The minimum Gasteiger partial charge on any atom is -0.495 e. The Morgan fingerprint density at radius 3 is 2.65 bits per heavy atom. The minimum atomic E-state index is 0.672. The zero-order valence-corrected chi connectivity index (χ0v) is 13.8. The SMILES string of the molecule is CCOc1cc(OC)c(Br)cc1CCN1CCNCC1. The van der Waals surface area contributed by atoms with Crippen LogP contribution in [0.3, 0.4) is 0 Å². The van der Waals surface area contributed by atoms with Crippen LogP contribution < -0.4 is 14.8 Å². The second-order valence-electron chi connectivity index (χ2n) is 4.87. The first-order chi connectivity index (χ1) is 9.74. The average Bonchev–Trinajstić information content (AvgIpc) is 2.48. The van der Waals surface area contributed by atoms with Crippen molar-refractivity contribution in [3.63, 3.8) is 0 Å². The lowest BCUT2D eigenvalue weighted by molar-refractivity contribution is 0.242. The maximum atomic E-state index is 5.74. The molecule has 1 saturated heterocycles. The third-order valence-electron chi connectivity index (χ3n) is 3.54. The van der Waals surface area contributed by atoms with E-state index in [0.717, 1.165) is 55.1 Å². The Morgan fingerprint density at radius 2 is 2.00 bits per heavy atom. The molecule has 0 bridgehead atoms. The van der Waals surface area contributed by atoms with E-state index in [9.17, 15) is 0 Å². The summed E-state index contributed by atoms with van der Waals surface area (Å²) in [6.45, 7) is 8.18. The molecule has 0 unspecified atom stereocenters. The zero-order valence-electron chi connectivity index (χ0n) is 12.2. The van der Waals surface area contributed by atoms with Crippen LogP contribution in [0, 0.1) is 0 Å². The summed E-state index contributed by atoms with van der Waals surface area (Å²) in [6, 6.07) is 4.09. The lowest BCUT2D eigenvalue weighted by Crippen LogP contribution is -2.44. The average molecular weight is 343 g/mol. The van der Waals surface area contributed by atoms with Crippen molar-refractivity contribution in [3.05, 3.63) is 22.2 Å². The largest absolute Gasteiger partial charge is 0.495 e. The standard InChI is InChI=1S/C15H23BrN2O2/c1-3-20-14-11-15(19-2)13(16)10-12(14)4-7-18-8-5-17-6-9-18/h10-11,17H,3-9H2,1-2H3. The molecule has 1 aliphatic heterocycles. The Bertz CT molecular complexity index is 434. The summed E-state index contributed by atoms with van der Waals surface area (Å²) in [5.41, 5.74) is 1.23. The molecule has 20 heavy (non-hydrogen) atoms. The van der Waals surface area contributed by atoms with Crippen LogP contribution in [0.2, 0.25) is 0 Å². The predicted molar refractivity (Wildman–Crippen MR) is 84.9 cm³/mol. The molecule has 0 atom stereocenters. The number of halogens is 1. The number of hydrogen-bond donors (Lipinski definition) is 1. The van der Waals surface area contributed by atoms with E-state index < -0.39 is 0 Å². The summed E-state index contributed by atoms with van der Waals surface area (Å²) >= 11 is 3.55. The predicted octanol–water partition coefficient (Wildman–Crippen LogP) is 2.30. The third kappa shape index (κ3) is 4.11. The number of benzene rings is 1. The normalized spacial score (nSPS) is 16.1. The fourth-order valence-corrected chi connectivity index (χ4v) is 2.98. The Hall–Kier alpha value is -0.780. The first kappa shape index (κ1) is 15.6. The van der Waals surface area contributed by atoms with E-state index >= 15 is 0 Å². The van der Waals surface area contributed by atoms with E-state index in [1.807, 2.05) is 13.0 Å². The van der Waals surface area contributed by atoms with Crippen LogP contribution in [0.4, 0.5) is 0 Å². The highest BCUT2D eigenvalue weighted by atomic mass is 79.9. The van der Waals surface area contributed by atoms with Crippen LogP contribution in [0.15, 0.2) is 16.6 Å². The summed E-state index contributed by atoms with van der Waals surface area (Å²) in [7, 11) is 1.68. The Morgan fingerprint density at radius 1 is 1.25 bits per heavy atom. The number of ether oxygens (including phenoxy) is 2. The minimum absolute atomic E-state index is 0.672. The Labute approximate surface area is 129 Å². The maximum absolute atomic E-state index is 5.74. The molecule has 1 heterocycles. The van der Waals surface area contributed by atoms with Crippen LogP contribution in [-0.4, -0.2) is 51.3 Å². The van der Waals surface area contributed by atoms with Crippen LogP contribution in [0.25, 0.3) is 0 Å². The molecule has 0 radical (unpaired) electrons. The number of nitrogens with zero attached hydrogens (tertiary/aromatic N) is 1. The van der Waals surface area contributed by atoms with Gasteiger partial charge in [0, 0.05) is 38.8 Å². The molecule has 0 amide bonds. The van der Waals surface area contributed by atoms with Gasteiger partial charge in [0.1, 0.15) is 11.5 Å². The fraction of sp³-hybridized carbons (Fsp3) is 0.600. The van der Waals surface area contributed by atoms with E-state index in [-0.39, 0.29) is 0 Å². The second-order valence-corrected chi connectivity index (χ2v) is 5.72. The van der Waals surface area contributed by atoms with Gasteiger partial charge in [-0.15, -0.1) is 0 Å². The van der Waals surface area contributed by atoms with Crippen molar-refractivity contribution in [2.45, 2.75) is 13.3 Å². The van der Waals surface area contributed by atoms with Gasteiger partial charge in [-0.2, -0.15) is 0 Å². The first-order valence-corrected chi connectivity index (χ1v) is 7.96. The summed E-state index contributed by atoms with van der Waals surface area (Å²) in [5, 5.41) is 3.38. The quantitative estimate of drug-likeness (QED) is 0.860. The van der Waals surface area contributed by atoms with E-state index in [2.05, 4.69) is 32.2 Å². The van der Waals surface area contributed by atoms with Crippen molar-refractivity contribution < 1.29 is 9.47 Å². The van der Waals surface area contributed by atoms with Crippen molar-refractivity contribution in [1.82, 2.24) is 10.2 Å². The van der Waals surface area contributed by atoms with Crippen molar-refractivity contribution in [3.8, 4) is 11.5 Å². The lowest BCUT2D eigenvalue weighted by Gasteiger charge is -2.27. The number of nitrogens with one attached hydrogen (secondary N) is 1. The van der Waals surface area contributed by atoms with Crippen LogP contribution in [0.1, 0.15) is 12.5 Å². The maximum Gasteiger partial charge on any atom is 0.136 e. The highest BCUT2D eigenvalue weighted by Gasteiger charge is 2.13. The molecule has 2 rings (SSSR count). The van der Waals surface area contributed by atoms with E-state index in [0.29, 0.717) is 6.61 Å². The number of hydrogen-bond acceptors (Lipinski definition) is 4. The second kappa shape index (κ2) is 7.86. The third-order valence-corrected chi connectivity index (χ3v) is 4.16. The summed E-state index contributed by atoms with van der Waals surface area (Å²) in [4.78, 5) is 2.49. The molecule has 5 heteroatoms. The lowest BCUT2D eigenvalue weighted by atomic mass is 10.1. The molecular weight excluding hydrogens is 320 g/mol. The van der Waals surface area contributed by atoms with Crippen LogP contribution in [-0.2, 0) is 6.42 Å². The molecule has 0 spiro atoms. The molecule has 1 N–H and O–H groups in total. The summed E-state index contributed by atoms with van der Waals surface area (Å²) < 4.78 is 12.1. The fourth-order valence-electron chi connectivity index (χ4n) is 2.43. The topological polar surface area (TPSA) is 33.7 Å². The van der Waals surface area contributed by atoms with Crippen molar-refractivity contribution in [2.75, 3.05) is 46.4 Å². The Kier molecular flexibility index (Phi) is 6.13. The van der Waals surface area contributed by atoms with Gasteiger partial charge < -0.3 is 19.7 Å². The van der Waals surface area contributed by atoms with Crippen molar-refractivity contribution in [2.24, 2.45) is 0 Å². The molecule has 1 aromatic carbocycles. The number of piperazine rings is 1. The van der Waals surface area contributed by atoms with E-state index in [1.165, 1.54) is 5.56 Å². The van der Waals surface area contributed by atoms with Gasteiger partial charge in [0.15, 0.2) is 0 Å². The number of rotatable bonds is 6.